The summed E-state index contributed by atoms with van der Waals surface area (Å²) >= 11 is 0. The van der Waals surface area contributed by atoms with Crippen molar-refractivity contribution in [3.8, 4) is 0 Å². The molecule has 1 aliphatic rings. The summed E-state index contributed by atoms with van der Waals surface area (Å²) in [6.07, 6.45) is 0.350. The fourth-order valence-electron chi connectivity index (χ4n) is 3.29. The van der Waals surface area contributed by atoms with Crippen molar-refractivity contribution in [2.24, 2.45) is 0 Å². The molecule has 5 N–H and O–H groups in total. The summed E-state index contributed by atoms with van der Waals surface area (Å²) in [5.41, 5.74) is 7.32. The zero-order chi connectivity index (χ0) is 22.3. The molecule has 0 atom stereocenters. The van der Waals surface area contributed by atoms with Gasteiger partial charge in [-0.05, 0) is 37.9 Å². The molecule has 3 heterocycles. The molecule has 30 heavy (non-hydrogen) atoms. The molecule has 166 valence electrons. The van der Waals surface area contributed by atoms with E-state index in [1.54, 1.807) is 0 Å². The second kappa shape index (κ2) is 7.69. The van der Waals surface area contributed by atoms with E-state index in [1.807, 2.05) is 6.92 Å². The van der Waals surface area contributed by atoms with E-state index in [0.717, 1.165) is 11.5 Å². The molecule has 1 aliphatic heterocycles. The van der Waals surface area contributed by atoms with Crippen molar-refractivity contribution in [3.05, 3.63) is 5.69 Å². The lowest BCUT2D eigenvalue weighted by Crippen LogP contribution is -2.53. The second-order valence-electron chi connectivity index (χ2n) is 9.83. The zero-order valence-corrected chi connectivity index (χ0v) is 19.7. The predicted molar refractivity (Wildman–Crippen MR) is 119 cm³/mol. The summed E-state index contributed by atoms with van der Waals surface area (Å²) in [5, 5.41) is 18.7. The summed E-state index contributed by atoms with van der Waals surface area (Å²) in [4.78, 5) is 22.7. The maximum absolute atomic E-state index is 11.1. The fraction of sp³-hybridized carbons (Fsp3) is 0.684. The number of anilines is 2. The Hall–Kier alpha value is -2.40. The van der Waals surface area contributed by atoms with Crippen molar-refractivity contribution in [2.45, 2.75) is 70.8 Å². The van der Waals surface area contributed by atoms with Gasteiger partial charge in [0.05, 0.1) is 6.61 Å². The lowest BCUT2D eigenvalue weighted by Gasteiger charge is -2.40. The summed E-state index contributed by atoms with van der Waals surface area (Å²) in [7, 11) is -1.98. The van der Waals surface area contributed by atoms with Crippen LogP contribution in [0.3, 0.4) is 0 Å². The summed E-state index contributed by atoms with van der Waals surface area (Å²) in [6, 6.07) is 0. The molecular formula is C19H33N7O3Si. The maximum atomic E-state index is 11.1. The van der Waals surface area contributed by atoms with E-state index in [1.165, 1.54) is 0 Å². The Balaban J connectivity index is 1.88. The minimum Gasteiger partial charge on any atom is -0.465 e. The molecule has 1 fully saturated rings. The topological polar surface area (TPSA) is 142 Å². The van der Waals surface area contributed by atoms with Crippen molar-refractivity contribution in [3.63, 3.8) is 0 Å². The number of nitrogens with one attached hydrogen (secondary N) is 2. The average molecular weight is 436 g/mol. The summed E-state index contributed by atoms with van der Waals surface area (Å²) in [5.74, 6) is 1.05. The van der Waals surface area contributed by atoms with Gasteiger partial charge in [-0.15, -0.1) is 0 Å². The molecule has 1 saturated heterocycles. The Kier molecular flexibility index (Phi) is 5.71. The Morgan fingerprint density at radius 1 is 1.33 bits per heavy atom. The van der Waals surface area contributed by atoms with Crippen LogP contribution in [0, 0.1) is 0 Å². The van der Waals surface area contributed by atoms with Crippen LogP contribution < -0.4 is 16.0 Å². The third-order valence-corrected chi connectivity index (χ3v) is 10.9. The van der Waals surface area contributed by atoms with Crippen molar-refractivity contribution in [1.29, 1.82) is 0 Å². The van der Waals surface area contributed by atoms with E-state index in [-0.39, 0.29) is 5.04 Å². The summed E-state index contributed by atoms with van der Waals surface area (Å²) < 4.78 is 6.42. The first-order chi connectivity index (χ1) is 13.8. The number of nitrogens with two attached hydrogens (primary N) is 1. The molecule has 0 aliphatic carbocycles. The van der Waals surface area contributed by atoms with E-state index < -0.39 is 19.9 Å². The van der Waals surface area contributed by atoms with Crippen LogP contribution in [0.15, 0.2) is 0 Å². The maximum Gasteiger partial charge on any atom is 0.405 e. The number of hydrogen-bond donors (Lipinski definition) is 4. The van der Waals surface area contributed by atoms with Crippen LogP contribution in [0.2, 0.25) is 18.1 Å². The first-order valence-electron chi connectivity index (χ1n) is 10.2. The van der Waals surface area contributed by atoms with Crippen molar-refractivity contribution >= 4 is 37.2 Å². The van der Waals surface area contributed by atoms with Crippen LogP contribution in [0.25, 0.3) is 11.2 Å². The average Bonchev–Trinajstić information content (AvgIpc) is 2.98. The second-order valence-corrected chi connectivity index (χ2v) is 14.6. The van der Waals surface area contributed by atoms with Gasteiger partial charge in [-0.1, -0.05) is 20.8 Å². The largest absolute Gasteiger partial charge is 0.465 e. The number of fused-ring (bicyclic) bond motifs is 1. The van der Waals surface area contributed by atoms with Gasteiger partial charge >= 0.3 is 6.09 Å². The predicted octanol–water partition coefficient (Wildman–Crippen LogP) is 3.08. The fourth-order valence-corrected chi connectivity index (χ4v) is 4.23. The van der Waals surface area contributed by atoms with Gasteiger partial charge in [-0.3, -0.25) is 5.10 Å². The Labute approximate surface area is 177 Å². The van der Waals surface area contributed by atoms with Gasteiger partial charge in [0.25, 0.3) is 0 Å². The number of carboxylic acid groups (broad SMARTS) is 1. The van der Waals surface area contributed by atoms with Crippen LogP contribution in [-0.2, 0) is 11.0 Å². The Morgan fingerprint density at radius 3 is 2.53 bits per heavy atom. The van der Waals surface area contributed by atoms with Crippen molar-refractivity contribution in [2.75, 3.05) is 23.7 Å². The molecule has 11 heteroatoms. The molecule has 0 spiro atoms. The number of rotatable bonds is 5. The highest BCUT2D eigenvalue weighted by atomic mass is 28.4. The molecule has 0 saturated carbocycles. The summed E-state index contributed by atoms with van der Waals surface area (Å²) in [6.45, 7) is 14.6. The van der Waals surface area contributed by atoms with E-state index in [9.17, 15) is 4.79 Å². The van der Waals surface area contributed by atoms with Crippen molar-refractivity contribution < 1.29 is 14.3 Å². The van der Waals surface area contributed by atoms with Crippen LogP contribution in [0.5, 0.6) is 0 Å². The van der Waals surface area contributed by atoms with Gasteiger partial charge < -0.3 is 25.5 Å². The van der Waals surface area contributed by atoms with Crippen LogP contribution >= 0.6 is 0 Å². The molecule has 0 aromatic carbocycles. The normalized spacial score (nSPS) is 17.3. The van der Waals surface area contributed by atoms with Gasteiger partial charge in [-0.2, -0.15) is 5.10 Å². The number of piperidine rings is 1. The van der Waals surface area contributed by atoms with Crippen LogP contribution in [0.1, 0.15) is 46.2 Å². The Bertz CT molecular complexity index is 930. The molecule has 3 rings (SSSR count). The standard InChI is InChI=1S/C19H33N7O3Si/c1-18(2,3)30(5,6)29-11-12-16(22-15-13(21-12)14(20)24-25-15)26-9-7-19(4,8-10-26)23-17(27)28/h23H,7-11H2,1-6H3,(H,27,28)(H3,20,22,24,25). The molecule has 0 unspecified atom stereocenters. The zero-order valence-electron chi connectivity index (χ0n) is 18.7. The van der Waals surface area contributed by atoms with Gasteiger partial charge in [0.1, 0.15) is 5.69 Å². The number of aromatic amines is 1. The highest BCUT2D eigenvalue weighted by Gasteiger charge is 2.38. The highest BCUT2D eigenvalue weighted by Crippen LogP contribution is 2.38. The monoisotopic (exact) mass is 435 g/mol. The van der Waals surface area contributed by atoms with Gasteiger partial charge in [0, 0.05) is 18.6 Å². The lowest BCUT2D eigenvalue weighted by atomic mass is 9.90. The van der Waals surface area contributed by atoms with Gasteiger partial charge in [0.15, 0.2) is 31.1 Å². The highest BCUT2D eigenvalue weighted by molar-refractivity contribution is 6.74. The lowest BCUT2D eigenvalue weighted by molar-refractivity contribution is 0.173. The van der Waals surface area contributed by atoms with Crippen LogP contribution in [-0.4, -0.2) is 58.3 Å². The van der Waals surface area contributed by atoms with Crippen molar-refractivity contribution in [1.82, 2.24) is 25.5 Å². The van der Waals surface area contributed by atoms with Crippen LogP contribution in [0.4, 0.5) is 16.4 Å². The van der Waals surface area contributed by atoms with E-state index >= 15 is 0 Å². The number of H-pyrrole nitrogens is 1. The van der Waals surface area contributed by atoms with Gasteiger partial charge in [-0.25, -0.2) is 14.8 Å². The van der Waals surface area contributed by atoms with E-state index in [4.69, 9.17) is 25.2 Å². The third-order valence-electron chi connectivity index (χ3n) is 6.42. The molecule has 10 nitrogen and oxygen atoms in total. The molecule has 0 radical (unpaired) electrons. The molecule has 0 bridgehead atoms. The quantitative estimate of drug-likeness (QED) is 0.525. The molecule has 2 aromatic rings. The first kappa shape index (κ1) is 22.3. The van der Waals surface area contributed by atoms with Gasteiger partial charge in [0.2, 0.25) is 0 Å². The van der Waals surface area contributed by atoms with E-state index in [2.05, 4.69) is 54.3 Å². The minimum absolute atomic E-state index is 0.0782. The number of amides is 1. The third kappa shape index (κ3) is 4.51. The number of nitrogen functional groups attached to an aromatic ring is 1. The number of carbonyl (C=O) groups is 1. The van der Waals surface area contributed by atoms with E-state index in [0.29, 0.717) is 49.5 Å². The molecule has 1 amide bonds. The molecular weight excluding hydrogens is 402 g/mol. The number of hydrogen-bond acceptors (Lipinski definition) is 7. The number of nitrogens with zero attached hydrogens (tertiary/aromatic N) is 4. The minimum atomic E-state index is -1.98. The molecule has 2 aromatic heterocycles. The number of aromatic nitrogens is 4. The Morgan fingerprint density at radius 2 is 1.97 bits per heavy atom. The SMILES string of the molecule is CC1(NC(=O)O)CCN(c2nc3[nH]nc(N)c3nc2CO[Si](C)(C)C(C)(C)C)CC1. The first-order valence-corrected chi connectivity index (χ1v) is 13.1. The smallest absolute Gasteiger partial charge is 0.405 e.